The molecule has 0 aliphatic carbocycles. The number of aliphatic hydroxyl groups excluding tert-OH is 3. The zero-order valence-corrected chi connectivity index (χ0v) is 31.2. The Balaban J connectivity index is 1.35. The largest absolute Gasteiger partial charge is 0.490 e. The molecule has 2 aromatic heterocycles. The van der Waals surface area contributed by atoms with E-state index in [1.165, 1.54) is 26.0 Å². The minimum Gasteiger partial charge on any atom is -0.387 e. The molecule has 2 aromatic rings. The SMILES string of the molecule is C=Nc1c(N(C)[C@@H]2O[C@H](COP(=O)(O)OP(=O)(O)OP(=O)(O)OC[C@H]3O[C@@H](N(C)c4nc(N)[nH]c(=O)c4NC)C(O)C3OC)C(O)C2O)nc(N)[nH]c1=O. The zero-order valence-electron chi connectivity index (χ0n) is 28.6. The van der Waals surface area contributed by atoms with E-state index >= 15 is 0 Å². The Hall–Kier alpha value is -3.40. The summed E-state index contributed by atoms with van der Waals surface area (Å²) in [6.45, 7) is 1.21. The number of aromatic nitrogens is 4. The van der Waals surface area contributed by atoms with E-state index in [-0.39, 0.29) is 34.9 Å². The van der Waals surface area contributed by atoms with Gasteiger partial charge < -0.3 is 70.8 Å². The van der Waals surface area contributed by atoms with Crippen molar-refractivity contribution in [1.82, 2.24) is 19.9 Å². The summed E-state index contributed by atoms with van der Waals surface area (Å²) in [6.07, 6.45) is -12.2. The molecule has 0 radical (unpaired) electrons. The summed E-state index contributed by atoms with van der Waals surface area (Å²) >= 11 is 0. The standard InChI is InChI=1S/C23H39N10O18P3/c1-26-10-16(28-22(24)30-18(10)37)32(3)20-13(35)12(34)8(48-20)6-46-52(39,40)50-54(43,44)51-53(41,42)47-7-9-15(45-5)14(36)21(49-9)33(4)17-11(27-2)19(38)31-23(25)29-17/h8-9,12-15,20-21,27,34-36H,1,6-7H2,2-5H3,(H,39,40)(H,41,42)(H,43,44)(H3,24,28,30,37)(H3,25,29,31,38)/t8-,9-,12?,13?,14?,15?,20-,21-/m1/s1. The summed E-state index contributed by atoms with van der Waals surface area (Å²) in [5, 5.41) is 34.5. The summed E-state index contributed by atoms with van der Waals surface area (Å²) in [7, 11) is -12.1. The van der Waals surface area contributed by atoms with Crippen LogP contribution in [0.25, 0.3) is 0 Å². The highest BCUT2D eigenvalue weighted by Gasteiger charge is 2.50. The van der Waals surface area contributed by atoms with E-state index < -0.39 is 96.9 Å². The number of rotatable bonds is 17. The predicted molar refractivity (Wildman–Crippen MR) is 184 cm³/mol. The molecule has 0 spiro atoms. The molecule has 13 N–H and O–H groups in total. The van der Waals surface area contributed by atoms with Gasteiger partial charge in [0.15, 0.2) is 29.8 Å². The fourth-order valence-corrected chi connectivity index (χ4v) is 8.89. The van der Waals surface area contributed by atoms with E-state index in [0.717, 1.165) is 12.0 Å². The number of likely N-dealkylation sites (N-methyl/N-ethyl adjacent to an activating group) is 2. The maximum Gasteiger partial charge on any atom is 0.490 e. The molecule has 0 saturated carbocycles. The first-order valence-corrected chi connectivity index (χ1v) is 19.5. The molecule has 304 valence electrons. The molecule has 28 nitrogen and oxygen atoms in total. The van der Waals surface area contributed by atoms with Gasteiger partial charge >= 0.3 is 23.5 Å². The van der Waals surface area contributed by atoms with Crippen LogP contribution in [0.4, 0.5) is 34.9 Å². The molecule has 11 atom stereocenters. The van der Waals surface area contributed by atoms with Gasteiger partial charge in [0.1, 0.15) is 42.3 Å². The number of hydrogen-bond acceptors (Lipinski definition) is 23. The molecule has 4 rings (SSSR count). The lowest BCUT2D eigenvalue weighted by molar-refractivity contribution is -0.0351. The molecule has 0 bridgehead atoms. The van der Waals surface area contributed by atoms with Gasteiger partial charge in [0, 0.05) is 28.3 Å². The third-order valence-electron chi connectivity index (χ3n) is 7.79. The number of nitrogen functional groups attached to an aromatic ring is 2. The Bertz CT molecular complexity index is 1960. The van der Waals surface area contributed by atoms with E-state index in [9.17, 15) is 53.3 Å². The van der Waals surface area contributed by atoms with Crippen LogP contribution in [0.2, 0.25) is 0 Å². The molecule has 2 aliphatic heterocycles. The molecule has 0 amide bonds. The van der Waals surface area contributed by atoms with E-state index in [1.807, 2.05) is 0 Å². The second-order valence-electron chi connectivity index (χ2n) is 11.4. The van der Waals surface area contributed by atoms with Crippen LogP contribution in [0.5, 0.6) is 0 Å². The number of nitrogens with two attached hydrogens (primary N) is 2. The summed E-state index contributed by atoms with van der Waals surface area (Å²) in [5.74, 6) is -0.900. The number of hydrogen-bond donors (Lipinski definition) is 11. The van der Waals surface area contributed by atoms with Gasteiger partial charge in [-0.3, -0.25) is 33.6 Å². The van der Waals surface area contributed by atoms with Crippen molar-refractivity contribution in [3.8, 4) is 0 Å². The number of methoxy groups -OCH3 is 1. The Kier molecular flexibility index (Phi) is 13.5. The Morgan fingerprint density at radius 1 is 0.833 bits per heavy atom. The summed E-state index contributed by atoms with van der Waals surface area (Å²) < 4.78 is 71.6. The van der Waals surface area contributed by atoms with Crippen molar-refractivity contribution in [2.45, 2.75) is 49.1 Å². The van der Waals surface area contributed by atoms with E-state index in [4.69, 9.17) is 30.2 Å². The van der Waals surface area contributed by atoms with Gasteiger partial charge in [-0.15, -0.1) is 0 Å². The first kappa shape index (κ1) is 43.3. The van der Waals surface area contributed by atoms with Crippen LogP contribution in [0.1, 0.15) is 0 Å². The molecular formula is C23H39N10O18P3. The van der Waals surface area contributed by atoms with E-state index in [0.29, 0.717) is 0 Å². The fourth-order valence-electron chi connectivity index (χ4n) is 5.37. The van der Waals surface area contributed by atoms with Crippen molar-refractivity contribution in [3.05, 3.63) is 20.7 Å². The highest BCUT2D eigenvalue weighted by Crippen LogP contribution is 2.67. The third-order valence-corrected chi connectivity index (χ3v) is 12.0. The lowest BCUT2D eigenvalue weighted by Crippen LogP contribution is -2.44. The minimum atomic E-state index is -5.99. The quantitative estimate of drug-likeness (QED) is 0.0554. The molecule has 2 fully saturated rings. The summed E-state index contributed by atoms with van der Waals surface area (Å²) in [6, 6.07) is 0. The lowest BCUT2D eigenvalue weighted by atomic mass is 10.1. The van der Waals surface area contributed by atoms with Crippen molar-refractivity contribution < 1.29 is 75.6 Å². The first-order valence-electron chi connectivity index (χ1n) is 15.0. The minimum absolute atomic E-state index is 0.0554. The van der Waals surface area contributed by atoms with Crippen LogP contribution in [0.3, 0.4) is 0 Å². The highest BCUT2D eigenvalue weighted by atomic mass is 31.3. The lowest BCUT2D eigenvalue weighted by Gasteiger charge is -2.28. The summed E-state index contributed by atoms with van der Waals surface area (Å²) in [5.41, 5.74) is 9.39. The number of aromatic amines is 2. The number of phosphoric acid groups is 3. The maximum absolute atomic E-state index is 12.6. The van der Waals surface area contributed by atoms with Crippen molar-refractivity contribution in [2.75, 3.05) is 68.1 Å². The third kappa shape index (κ3) is 9.69. The Morgan fingerprint density at radius 2 is 1.31 bits per heavy atom. The molecule has 54 heavy (non-hydrogen) atoms. The van der Waals surface area contributed by atoms with Crippen molar-refractivity contribution in [2.24, 2.45) is 4.99 Å². The van der Waals surface area contributed by atoms with Crippen LogP contribution in [0, 0.1) is 0 Å². The van der Waals surface area contributed by atoms with Gasteiger partial charge in [0.25, 0.3) is 11.1 Å². The predicted octanol–water partition coefficient (Wildman–Crippen LogP) is -3.12. The second kappa shape index (κ2) is 16.8. The van der Waals surface area contributed by atoms with Crippen molar-refractivity contribution in [1.29, 1.82) is 0 Å². The zero-order chi connectivity index (χ0) is 40.5. The normalized spacial score (nSPS) is 28.9. The number of ether oxygens (including phenoxy) is 3. The number of nitrogens with zero attached hydrogens (tertiary/aromatic N) is 5. The van der Waals surface area contributed by atoms with Crippen molar-refractivity contribution in [3.63, 3.8) is 0 Å². The van der Waals surface area contributed by atoms with Crippen molar-refractivity contribution >= 4 is 65.1 Å². The molecule has 0 aromatic carbocycles. The second-order valence-corrected chi connectivity index (χ2v) is 16.0. The van der Waals surface area contributed by atoms with Crippen LogP contribution in [-0.4, -0.2) is 147 Å². The molecule has 4 heterocycles. The van der Waals surface area contributed by atoms with Gasteiger partial charge in [0.2, 0.25) is 11.9 Å². The van der Waals surface area contributed by atoms with Gasteiger partial charge in [-0.2, -0.15) is 18.6 Å². The highest BCUT2D eigenvalue weighted by molar-refractivity contribution is 7.66. The van der Waals surface area contributed by atoms with Gasteiger partial charge in [0.05, 0.1) is 13.2 Å². The Morgan fingerprint density at radius 3 is 1.85 bits per heavy atom. The fraction of sp³-hybridized carbons (Fsp3) is 0.609. The average Bonchev–Trinajstić information content (AvgIpc) is 3.54. The monoisotopic (exact) mass is 836 g/mol. The first-order chi connectivity index (χ1) is 25.0. The van der Waals surface area contributed by atoms with Crippen LogP contribution in [-0.2, 0) is 45.6 Å². The van der Waals surface area contributed by atoms with Crippen LogP contribution in [0.15, 0.2) is 14.6 Å². The number of phosphoric ester groups is 2. The Labute approximate surface area is 303 Å². The number of aliphatic hydroxyl groups is 3. The number of aliphatic imine (C=N–C) groups is 1. The molecule has 2 aliphatic rings. The number of H-pyrrole nitrogens is 2. The smallest absolute Gasteiger partial charge is 0.387 e. The molecular weight excluding hydrogens is 797 g/mol. The van der Waals surface area contributed by atoms with Gasteiger partial charge in [-0.25, -0.2) is 13.7 Å². The van der Waals surface area contributed by atoms with Crippen LogP contribution >= 0.6 is 23.5 Å². The average molecular weight is 837 g/mol. The summed E-state index contributed by atoms with van der Waals surface area (Å²) in [4.78, 5) is 72.9. The van der Waals surface area contributed by atoms with Gasteiger partial charge in [-0.1, -0.05) is 0 Å². The van der Waals surface area contributed by atoms with Crippen LogP contribution < -0.4 is 37.7 Å². The number of nitrogens with one attached hydrogen (secondary N) is 3. The number of anilines is 5. The molecule has 31 heteroatoms. The van der Waals surface area contributed by atoms with E-state index in [2.05, 4.69) is 50.1 Å². The molecule has 2 saturated heterocycles. The van der Waals surface area contributed by atoms with E-state index in [1.54, 1.807) is 0 Å². The topological polar surface area (TPSA) is 412 Å². The maximum atomic E-state index is 12.6. The van der Waals surface area contributed by atoms with Gasteiger partial charge in [-0.05, 0) is 6.72 Å². The molecule has 7 unspecified atom stereocenters.